The van der Waals surface area contributed by atoms with Crippen molar-refractivity contribution >= 4 is 23.2 Å². The van der Waals surface area contributed by atoms with Gasteiger partial charge < -0.3 is 14.8 Å². The molecule has 2 aromatic heterocycles. The number of carbonyl (C=O) groups excluding carboxylic acids is 1. The fraction of sp³-hybridized carbons (Fsp3) is 0.400. The molecule has 1 aliphatic heterocycles. The van der Waals surface area contributed by atoms with Crippen molar-refractivity contribution in [1.29, 1.82) is 0 Å². The van der Waals surface area contributed by atoms with Gasteiger partial charge >= 0.3 is 0 Å². The summed E-state index contributed by atoms with van der Waals surface area (Å²) in [7, 11) is 1.77. The van der Waals surface area contributed by atoms with Crippen LogP contribution in [0.15, 0.2) is 24.7 Å². The molecule has 1 N–H and O–H groups in total. The summed E-state index contributed by atoms with van der Waals surface area (Å²) < 4.78 is 12.7. The third kappa shape index (κ3) is 4.00. The van der Waals surface area contributed by atoms with E-state index in [1.165, 1.54) is 6.20 Å². The van der Waals surface area contributed by atoms with E-state index >= 15 is 0 Å². The van der Waals surface area contributed by atoms with Crippen molar-refractivity contribution in [2.24, 2.45) is 7.05 Å². The van der Waals surface area contributed by atoms with Crippen LogP contribution in [0.2, 0.25) is 5.02 Å². The first kappa shape index (κ1) is 15.8. The molecule has 8 heteroatoms. The van der Waals surface area contributed by atoms with Crippen LogP contribution in [0.5, 0.6) is 5.88 Å². The zero-order valence-corrected chi connectivity index (χ0v) is 13.4. The summed E-state index contributed by atoms with van der Waals surface area (Å²) in [6, 6.07) is 1.55. The first-order valence-electron chi connectivity index (χ1n) is 7.32. The minimum atomic E-state index is -0.301. The average molecular weight is 337 g/mol. The number of aromatic nitrogens is 3. The van der Waals surface area contributed by atoms with Gasteiger partial charge in [-0.05, 0) is 6.07 Å². The highest BCUT2D eigenvalue weighted by atomic mass is 35.5. The van der Waals surface area contributed by atoms with Crippen LogP contribution in [0.1, 0.15) is 23.2 Å². The fourth-order valence-electron chi connectivity index (χ4n) is 2.28. The van der Waals surface area contributed by atoms with E-state index in [1.54, 1.807) is 30.2 Å². The third-order valence-electron chi connectivity index (χ3n) is 3.48. The van der Waals surface area contributed by atoms with Crippen molar-refractivity contribution in [3.8, 4) is 5.88 Å². The molecule has 122 valence electrons. The molecule has 0 aliphatic carbocycles. The Kier molecular flexibility index (Phi) is 4.78. The average Bonchev–Trinajstić information content (AvgIpc) is 2.95. The predicted octanol–water partition coefficient (Wildman–Crippen LogP) is 2.28. The van der Waals surface area contributed by atoms with E-state index in [9.17, 15) is 4.79 Å². The minimum Gasteiger partial charge on any atom is -0.473 e. The fourth-order valence-corrected chi connectivity index (χ4v) is 2.49. The number of nitrogens with zero attached hydrogens (tertiary/aromatic N) is 3. The monoisotopic (exact) mass is 336 g/mol. The lowest BCUT2D eigenvalue weighted by Crippen LogP contribution is -2.26. The van der Waals surface area contributed by atoms with Crippen molar-refractivity contribution < 1.29 is 14.3 Å². The van der Waals surface area contributed by atoms with Crippen molar-refractivity contribution in [1.82, 2.24) is 14.8 Å². The van der Waals surface area contributed by atoms with Gasteiger partial charge in [0.25, 0.3) is 5.91 Å². The molecule has 1 amide bonds. The summed E-state index contributed by atoms with van der Waals surface area (Å²) in [5.74, 6) is 0.0431. The topological polar surface area (TPSA) is 78.3 Å². The maximum atomic E-state index is 12.2. The number of anilines is 1. The smallest absolute Gasteiger partial charge is 0.257 e. The highest BCUT2D eigenvalue weighted by Crippen LogP contribution is 2.25. The van der Waals surface area contributed by atoms with E-state index in [2.05, 4.69) is 15.4 Å². The Balaban J connectivity index is 1.67. The summed E-state index contributed by atoms with van der Waals surface area (Å²) in [5, 5.41) is 7.03. The molecular formula is C15H17ClN4O3. The van der Waals surface area contributed by atoms with Crippen LogP contribution in [0.4, 0.5) is 5.69 Å². The lowest BCUT2D eigenvalue weighted by Gasteiger charge is -2.23. The maximum absolute atomic E-state index is 12.2. The standard InChI is InChI=1S/C15H17ClN4O3/c1-20-9-11(8-18-20)19-14(21)10-6-13(16)15(17-7-10)23-12-2-4-22-5-3-12/h6-9,12H,2-5H2,1H3,(H,19,21). The van der Waals surface area contributed by atoms with Gasteiger partial charge in [0.15, 0.2) is 0 Å². The number of rotatable bonds is 4. The van der Waals surface area contributed by atoms with Crippen molar-refractivity contribution in [2.45, 2.75) is 18.9 Å². The van der Waals surface area contributed by atoms with E-state index in [1.807, 2.05) is 0 Å². The summed E-state index contributed by atoms with van der Waals surface area (Å²) in [5.41, 5.74) is 0.967. The highest BCUT2D eigenvalue weighted by Gasteiger charge is 2.18. The number of aryl methyl sites for hydroxylation is 1. The number of halogens is 1. The molecule has 1 saturated heterocycles. The van der Waals surface area contributed by atoms with Gasteiger partial charge in [0.1, 0.15) is 11.1 Å². The molecule has 0 aromatic carbocycles. The second-order valence-electron chi connectivity index (χ2n) is 5.30. The highest BCUT2D eigenvalue weighted by molar-refractivity contribution is 6.32. The Labute approximate surface area is 138 Å². The molecular weight excluding hydrogens is 320 g/mol. The van der Waals surface area contributed by atoms with Crippen LogP contribution in [-0.2, 0) is 11.8 Å². The molecule has 0 bridgehead atoms. The van der Waals surface area contributed by atoms with Gasteiger partial charge in [-0.25, -0.2) is 4.98 Å². The van der Waals surface area contributed by atoms with Crippen molar-refractivity contribution in [3.63, 3.8) is 0 Å². The molecule has 1 fully saturated rings. The van der Waals surface area contributed by atoms with Gasteiger partial charge in [-0.15, -0.1) is 0 Å². The maximum Gasteiger partial charge on any atom is 0.257 e. The molecule has 0 atom stereocenters. The third-order valence-corrected chi connectivity index (χ3v) is 3.75. The molecule has 23 heavy (non-hydrogen) atoms. The first-order valence-corrected chi connectivity index (χ1v) is 7.69. The van der Waals surface area contributed by atoms with Crippen molar-refractivity contribution in [2.75, 3.05) is 18.5 Å². The predicted molar refractivity (Wildman–Crippen MR) is 84.9 cm³/mol. The molecule has 0 unspecified atom stereocenters. The SMILES string of the molecule is Cn1cc(NC(=O)c2cnc(OC3CCOCC3)c(Cl)c2)cn1. The second kappa shape index (κ2) is 6.97. The van der Waals surface area contributed by atoms with Crippen molar-refractivity contribution in [3.05, 3.63) is 35.2 Å². The molecule has 0 spiro atoms. The Bertz CT molecular complexity index is 698. The summed E-state index contributed by atoms with van der Waals surface area (Å²) in [6.07, 6.45) is 6.38. The number of hydrogen-bond donors (Lipinski definition) is 1. The largest absolute Gasteiger partial charge is 0.473 e. The van der Waals surface area contributed by atoms with E-state index in [0.717, 1.165) is 12.8 Å². The quantitative estimate of drug-likeness (QED) is 0.926. The number of hydrogen-bond acceptors (Lipinski definition) is 5. The molecule has 0 radical (unpaired) electrons. The zero-order valence-electron chi connectivity index (χ0n) is 12.7. The van der Waals surface area contributed by atoms with E-state index in [0.29, 0.717) is 35.4 Å². The number of nitrogens with one attached hydrogen (secondary N) is 1. The normalized spacial score (nSPS) is 15.4. The summed E-state index contributed by atoms with van der Waals surface area (Å²) in [4.78, 5) is 16.3. The molecule has 7 nitrogen and oxygen atoms in total. The molecule has 2 aromatic rings. The Hall–Kier alpha value is -2.12. The van der Waals surface area contributed by atoms with Gasteiger partial charge in [-0.3, -0.25) is 9.48 Å². The minimum absolute atomic E-state index is 0.0452. The summed E-state index contributed by atoms with van der Waals surface area (Å²) >= 11 is 6.18. The summed E-state index contributed by atoms with van der Waals surface area (Å²) in [6.45, 7) is 1.35. The Morgan fingerprint density at radius 3 is 2.87 bits per heavy atom. The zero-order chi connectivity index (χ0) is 16.2. The van der Waals surface area contributed by atoms with Gasteiger partial charge in [-0.2, -0.15) is 5.10 Å². The second-order valence-corrected chi connectivity index (χ2v) is 5.70. The van der Waals surface area contributed by atoms with Crippen LogP contribution < -0.4 is 10.1 Å². The number of ether oxygens (including phenoxy) is 2. The molecule has 3 heterocycles. The lowest BCUT2D eigenvalue weighted by molar-refractivity contribution is 0.0238. The lowest BCUT2D eigenvalue weighted by atomic mass is 10.1. The number of carbonyl (C=O) groups is 1. The van der Waals surface area contributed by atoms with Gasteiger partial charge in [0, 0.05) is 32.3 Å². The van der Waals surface area contributed by atoms with Crippen LogP contribution in [0.3, 0.4) is 0 Å². The van der Waals surface area contributed by atoms with Crippen LogP contribution in [0, 0.1) is 0 Å². The first-order chi connectivity index (χ1) is 11.1. The number of pyridine rings is 1. The van der Waals surface area contributed by atoms with Crippen LogP contribution in [0.25, 0.3) is 0 Å². The van der Waals surface area contributed by atoms with E-state index in [-0.39, 0.29) is 12.0 Å². The number of amides is 1. The van der Waals surface area contributed by atoms with Crippen LogP contribution >= 0.6 is 11.6 Å². The molecule has 1 aliphatic rings. The van der Waals surface area contributed by atoms with Gasteiger partial charge in [0.2, 0.25) is 5.88 Å². The van der Waals surface area contributed by atoms with Gasteiger partial charge in [-0.1, -0.05) is 11.6 Å². The molecule has 3 rings (SSSR count). The van der Waals surface area contributed by atoms with Gasteiger partial charge in [0.05, 0.1) is 30.7 Å². The van der Waals surface area contributed by atoms with E-state index < -0.39 is 0 Å². The Morgan fingerprint density at radius 1 is 1.43 bits per heavy atom. The van der Waals surface area contributed by atoms with Crippen LogP contribution in [-0.4, -0.2) is 40.0 Å². The molecule has 0 saturated carbocycles. The van der Waals surface area contributed by atoms with E-state index in [4.69, 9.17) is 21.1 Å². The Morgan fingerprint density at radius 2 is 2.22 bits per heavy atom.